The molecule has 1 N–H and O–H groups in total. The Bertz CT molecular complexity index is 339. The van der Waals surface area contributed by atoms with Crippen LogP contribution in [0.3, 0.4) is 0 Å². The molecule has 0 aromatic heterocycles. The van der Waals surface area contributed by atoms with Gasteiger partial charge in [0, 0.05) is 6.54 Å². The van der Waals surface area contributed by atoms with Gasteiger partial charge in [-0.3, -0.25) is 4.90 Å². The Hall–Kier alpha value is -1.26. The van der Waals surface area contributed by atoms with Crippen LogP contribution >= 0.6 is 0 Å². The van der Waals surface area contributed by atoms with Gasteiger partial charge in [0.25, 0.3) is 0 Å². The molecule has 0 aromatic carbocycles. The maximum Gasteiger partial charge on any atom is 0.411 e. The predicted molar refractivity (Wildman–Crippen MR) is 67.4 cm³/mol. The molecule has 0 atom stereocenters. The van der Waals surface area contributed by atoms with Crippen LogP contribution in [0.15, 0.2) is 0 Å². The van der Waals surface area contributed by atoms with Crippen molar-refractivity contribution in [2.75, 3.05) is 6.54 Å². The molecule has 1 fully saturated rings. The molecular weight excluding hydrogens is 234 g/mol. The molecule has 1 aliphatic rings. The van der Waals surface area contributed by atoms with Gasteiger partial charge in [-0.15, -0.1) is 0 Å². The van der Waals surface area contributed by atoms with E-state index in [1.54, 1.807) is 27.7 Å². The van der Waals surface area contributed by atoms with Gasteiger partial charge >= 0.3 is 12.1 Å². The first kappa shape index (κ1) is 14.8. The molecule has 1 amide bonds. The van der Waals surface area contributed by atoms with Gasteiger partial charge in [0.15, 0.2) is 0 Å². The van der Waals surface area contributed by atoms with Crippen molar-refractivity contribution in [3.05, 3.63) is 0 Å². The summed E-state index contributed by atoms with van der Waals surface area (Å²) in [4.78, 5) is 24.9. The molecular formula is C13H23NO4. The molecule has 5 heteroatoms. The summed E-state index contributed by atoms with van der Waals surface area (Å²) in [6.07, 6.45) is 0.449. The summed E-state index contributed by atoms with van der Waals surface area (Å²) < 4.78 is 5.28. The fourth-order valence-corrected chi connectivity index (χ4v) is 2.53. The van der Waals surface area contributed by atoms with Crippen LogP contribution in [0.4, 0.5) is 4.79 Å². The molecule has 1 saturated carbocycles. The van der Waals surface area contributed by atoms with Crippen LogP contribution in [0.1, 0.15) is 47.5 Å². The number of rotatable bonds is 3. The number of nitrogens with zero attached hydrogens (tertiary/aromatic N) is 1. The van der Waals surface area contributed by atoms with E-state index < -0.39 is 23.2 Å². The molecule has 0 aromatic rings. The predicted octanol–water partition coefficient (Wildman–Crippen LogP) is 2.50. The van der Waals surface area contributed by atoms with E-state index >= 15 is 0 Å². The number of aliphatic carboxylic acids is 1. The molecule has 0 radical (unpaired) electrons. The number of likely N-dealkylation sites (N-methyl/N-ethyl adjacent to an activating group) is 1. The Labute approximate surface area is 108 Å². The van der Waals surface area contributed by atoms with Crippen molar-refractivity contribution in [3.8, 4) is 0 Å². The lowest BCUT2D eigenvalue weighted by molar-refractivity contribution is -0.161. The van der Waals surface area contributed by atoms with Crippen LogP contribution in [0.25, 0.3) is 0 Å². The van der Waals surface area contributed by atoms with Crippen molar-refractivity contribution in [3.63, 3.8) is 0 Å². The van der Waals surface area contributed by atoms with Crippen LogP contribution in [0.2, 0.25) is 0 Å². The monoisotopic (exact) mass is 257 g/mol. The average molecular weight is 257 g/mol. The van der Waals surface area contributed by atoms with Crippen LogP contribution < -0.4 is 0 Å². The number of hydrogen-bond acceptors (Lipinski definition) is 3. The molecule has 0 unspecified atom stereocenters. The summed E-state index contributed by atoms with van der Waals surface area (Å²) in [5.74, 6) is -0.606. The summed E-state index contributed by atoms with van der Waals surface area (Å²) in [6, 6.07) is 0. The lowest BCUT2D eigenvalue weighted by Crippen LogP contribution is -2.64. The standard InChI is InChI=1S/C13H23NO4/c1-6-14(11(17)18-12(3,4)5)13(10(15)16)7-9(2)8-13/h9H,6-8H2,1-5H3,(H,15,16). The number of carboxylic acid groups (broad SMARTS) is 1. The fraction of sp³-hybridized carbons (Fsp3) is 0.846. The average Bonchev–Trinajstić information content (AvgIpc) is 2.11. The maximum absolute atomic E-state index is 12.1. The highest BCUT2D eigenvalue weighted by atomic mass is 16.6. The summed E-state index contributed by atoms with van der Waals surface area (Å²) in [5.41, 5.74) is -1.68. The molecule has 0 bridgehead atoms. The second-order valence-corrected chi connectivity index (χ2v) is 6.07. The zero-order chi connectivity index (χ0) is 14.1. The van der Waals surface area contributed by atoms with Crippen molar-refractivity contribution >= 4 is 12.1 Å². The zero-order valence-electron chi connectivity index (χ0n) is 11.8. The Balaban J connectivity index is 2.88. The lowest BCUT2D eigenvalue weighted by Gasteiger charge is -2.49. The van der Waals surface area contributed by atoms with Crippen LogP contribution in [0.5, 0.6) is 0 Å². The van der Waals surface area contributed by atoms with Crippen molar-refractivity contribution in [2.45, 2.75) is 58.6 Å². The van der Waals surface area contributed by atoms with Crippen molar-refractivity contribution < 1.29 is 19.4 Å². The molecule has 1 rings (SSSR count). The van der Waals surface area contributed by atoms with Gasteiger partial charge in [0.05, 0.1) is 0 Å². The summed E-state index contributed by atoms with van der Waals surface area (Å²) in [7, 11) is 0. The largest absolute Gasteiger partial charge is 0.479 e. The van der Waals surface area contributed by atoms with E-state index in [-0.39, 0.29) is 0 Å². The van der Waals surface area contributed by atoms with E-state index in [4.69, 9.17) is 4.74 Å². The number of carboxylic acids is 1. The topological polar surface area (TPSA) is 66.8 Å². The molecule has 0 spiro atoms. The molecule has 1 aliphatic carbocycles. The fourth-order valence-electron chi connectivity index (χ4n) is 2.53. The Morgan fingerprint density at radius 3 is 2.17 bits per heavy atom. The van der Waals surface area contributed by atoms with Gasteiger partial charge in [-0.05, 0) is 46.5 Å². The number of carbonyl (C=O) groups excluding carboxylic acids is 1. The number of carbonyl (C=O) groups is 2. The molecule has 18 heavy (non-hydrogen) atoms. The van der Waals surface area contributed by atoms with Gasteiger partial charge < -0.3 is 9.84 Å². The third-order valence-electron chi connectivity index (χ3n) is 3.22. The van der Waals surface area contributed by atoms with Crippen molar-refractivity contribution in [1.29, 1.82) is 0 Å². The van der Waals surface area contributed by atoms with Gasteiger partial charge in [0.1, 0.15) is 11.1 Å². The van der Waals surface area contributed by atoms with Gasteiger partial charge in [0.2, 0.25) is 0 Å². The van der Waals surface area contributed by atoms with Gasteiger partial charge in [-0.2, -0.15) is 0 Å². The quantitative estimate of drug-likeness (QED) is 0.843. The molecule has 5 nitrogen and oxygen atoms in total. The van der Waals surface area contributed by atoms with E-state index in [0.717, 1.165) is 0 Å². The third-order valence-corrected chi connectivity index (χ3v) is 3.22. The van der Waals surface area contributed by atoms with E-state index in [9.17, 15) is 14.7 Å². The third kappa shape index (κ3) is 2.76. The van der Waals surface area contributed by atoms with Gasteiger partial charge in [-0.1, -0.05) is 6.92 Å². The highest BCUT2D eigenvalue weighted by Crippen LogP contribution is 2.43. The van der Waals surface area contributed by atoms with Gasteiger partial charge in [-0.25, -0.2) is 9.59 Å². The second kappa shape index (κ2) is 4.78. The Morgan fingerprint density at radius 1 is 1.39 bits per heavy atom. The summed E-state index contributed by atoms with van der Waals surface area (Å²) in [6.45, 7) is 9.43. The lowest BCUT2D eigenvalue weighted by atomic mass is 9.68. The van der Waals surface area contributed by atoms with Crippen molar-refractivity contribution in [1.82, 2.24) is 4.90 Å². The smallest absolute Gasteiger partial charge is 0.411 e. The molecule has 0 saturated heterocycles. The molecule has 104 valence electrons. The summed E-state index contributed by atoms with van der Waals surface area (Å²) in [5, 5.41) is 9.40. The normalized spacial score (nSPS) is 27.3. The second-order valence-electron chi connectivity index (χ2n) is 6.07. The highest BCUT2D eigenvalue weighted by Gasteiger charge is 2.55. The Morgan fingerprint density at radius 2 is 1.89 bits per heavy atom. The SMILES string of the molecule is CCN(C(=O)OC(C)(C)C)C1(C(=O)O)CC(C)C1. The summed E-state index contributed by atoms with van der Waals surface area (Å²) >= 11 is 0. The minimum Gasteiger partial charge on any atom is -0.479 e. The minimum absolute atomic E-state index is 0.331. The van der Waals surface area contributed by atoms with E-state index in [0.29, 0.717) is 25.3 Å². The molecule has 0 heterocycles. The van der Waals surface area contributed by atoms with E-state index in [1.165, 1.54) is 4.90 Å². The van der Waals surface area contributed by atoms with Crippen LogP contribution in [-0.4, -0.2) is 39.8 Å². The zero-order valence-corrected chi connectivity index (χ0v) is 11.8. The maximum atomic E-state index is 12.1. The number of amides is 1. The molecule has 0 aliphatic heterocycles. The number of ether oxygens (including phenoxy) is 1. The van der Waals surface area contributed by atoms with Crippen LogP contribution in [0, 0.1) is 5.92 Å². The first-order valence-corrected chi connectivity index (χ1v) is 6.36. The highest BCUT2D eigenvalue weighted by molar-refractivity contribution is 5.85. The van der Waals surface area contributed by atoms with E-state index in [2.05, 4.69) is 0 Å². The van der Waals surface area contributed by atoms with E-state index in [1.807, 2.05) is 6.92 Å². The number of hydrogen-bond donors (Lipinski definition) is 1. The van der Waals surface area contributed by atoms with Crippen molar-refractivity contribution in [2.24, 2.45) is 5.92 Å². The minimum atomic E-state index is -1.07. The van der Waals surface area contributed by atoms with Crippen LogP contribution in [-0.2, 0) is 9.53 Å². The first-order chi connectivity index (χ1) is 8.12. The Kier molecular flexibility index (Phi) is 3.93. The first-order valence-electron chi connectivity index (χ1n) is 6.36.